The van der Waals surface area contributed by atoms with Crippen molar-refractivity contribution in [1.29, 1.82) is 0 Å². The van der Waals surface area contributed by atoms with Gasteiger partial charge in [0.15, 0.2) is 0 Å². The molecule has 0 bridgehead atoms. The van der Waals surface area contributed by atoms with E-state index in [1.807, 2.05) is 6.92 Å². The van der Waals surface area contributed by atoms with Crippen LogP contribution < -0.4 is 4.74 Å². The molecule has 0 radical (unpaired) electrons. The van der Waals surface area contributed by atoms with Crippen LogP contribution in [0.1, 0.15) is 80.3 Å². The van der Waals surface area contributed by atoms with Crippen LogP contribution in [0.3, 0.4) is 0 Å². The minimum atomic E-state index is -1.09. The maximum absolute atomic E-state index is 12.0. The van der Waals surface area contributed by atoms with E-state index >= 15 is 0 Å². The average molecular weight is 373 g/mol. The molecule has 1 aliphatic rings. The molecule has 0 fully saturated rings. The molecular formula is C23H32O4. The Hall–Kier alpha value is -2.23. The van der Waals surface area contributed by atoms with E-state index in [1.54, 1.807) is 13.2 Å². The molecule has 1 aromatic rings. The Kier molecular flexibility index (Phi) is 7.11. The van der Waals surface area contributed by atoms with Crippen molar-refractivity contribution in [3.05, 3.63) is 46.6 Å². The summed E-state index contributed by atoms with van der Waals surface area (Å²) in [5.41, 5.74) is 3.49. The van der Waals surface area contributed by atoms with E-state index in [2.05, 4.69) is 26.5 Å². The molecule has 4 heteroatoms. The van der Waals surface area contributed by atoms with E-state index in [-0.39, 0.29) is 23.1 Å². The van der Waals surface area contributed by atoms with E-state index in [1.165, 1.54) is 5.57 Å². The molecule has 0 saturated carbocycles. The Labute approximate surface area is 162 Å². The van der Waals surface area contributed by atoms with Crippen molar-refractivity contribution in [3.63, 3.8) is 0 Å². The third-order valence-electron chi connectivity index (χ3n) is 5.58. The first-order valence-corrected chi connectivity index (χ1v) is 9.80. The fourth-order valence-corrected chi connectivity index (χ4v) is 4.11. The van der Waals surface area contributed by atoms with Gasteiger partial charge >= 0.3 is 5.97 Å². The number of carboxylic acid groups (broad SMARTS) is 1. The lowest BCUT2D eigenvalue weighted by molar-refractivity contribution is 0.0692. The van der Waals surface area contributed by atoms with Crippen molar-refractivity contribution < 1.29 is 19.7 Å². The van der Waals surface area contributed by atoms with Crippen LogP contribution >= 0.6 is 0 Å². The third kappa shape index (κ3) is 4.55. The van der Waals surface area contributed by atoms with Crippen LogP contribution in [0.15, 0.2) is 29.9 Å². The van der Waals surface area contributed by atoms with Crippen LogP contribution in [0.25, 0.3) is 0 Å². The van der Waals surface area contributed by atoms with Gasteiger partial charge in [-0.15, -0.1) is 0 Å². The first-order valence-electron chi connectivity index (χ1n) is 9.80. The van der Waals surface area contributed by atoms with Crippen LogP contribution in [-0.4, -0.2) is 23.3 Å². The van der Waals surface area contributed by atoms with Gasteiger partial charge in [0.25, 0.3) is 0 Å². The lowest BCUT2D eigenvalue weighted by Crippen LogP contribution is -2.19. The number of hydrogen-bond donors (Lipinski definition) is 2. The van der Waals surface area contributed by atoms with Crippen LogP contribution in [-0.2, 0) is 6.42 Å². The average Bonchev–Trinajstić information content (AvgIpc) is 2.60. The van der Waals surface area contributed by atoms with Gasteiger partial charge < -0.3 is 14.9 Å². The number of hydrogen-bond acceptors (Lipinski definition) is 3. The molecule has 4 nitrogen and oxygen atoms in total. The second-order valence-corrected chi connectivity index (χ2v) is 7.67. The second kappa shape index (κ2) is 9.12. The van der Waals surface area contributed by atoms with Gasteiger partial charge in [0, 0.05) is 11.5 Å². The molecule has 148 valence electrons. The molecule has 0 spiro atoms. The third-order valence-corrected chi connectivity index (χ3v) is 5.58. The molecule has 0 aromatic heterocycles. The van der Waals surface area contributed by atoms with Gasteiger partial charge in [-0.2, -0.15) is 0 Å². The maximum atomic E-state index is 12.0. The highest BCUT2D eigenvalue weighted by Gasteiger charge is 2.33. The quantitative estimate of drug-likeness (QED) is 0.444. The Morgan fingerprint density at radius 1 is 1.37 bits per heavy atom. The molecule has 2 atom stereocenters. The van der Waals surface area contributed by atoms with Gasteiger partial charge in [-0.1, -0.05) is 43.6 Å². The fraction of sp³-hybridized carbons (Fsp3) is 0.522. The standard InChI is InChI=1S/C23H32O4/c1-6-7-8-9-16-13-19(27-5)21(22(24)20(16)23(25)26)18-12-15(4)10-11-17(18)14(2)3/h12-13,17-18,24H,2,6-11H2,1,3-5H3,(H,25,26). The SMILES string of the molecule is C=C(C)C1CCC(C)=CC1c1c(OC)cc(CCCCC)c(C(=O)O)c1O. The monoisotopic (exact) mass is 372 g/mol. The number of aryl methyl sites for hydroxylation is 1. The lowest BCUT2D eigenvalue weighted by atomic mass is 9.73. The van der Waals surface area contributed by atoms with Crippen molar-refractivity contribution in [2.75, 3.05) is 7.11 Å². The molecule has 2 rings (SSSR count). The van der Waals surface area contributed by atoms with Crippen LogP contribution in [0, 0.1) is 5.92 Å². The van der Waals surface area contributed by atoms with E-state index < -0.39 is 5.97 Å². The normalized spacial score (nSPS) is 19.5. The van der Waals surface area contributed by atoms with Crippen molar-refractivity contribution in [2.24, 2.45) is 5.92 Å². The van der Waals surface area contributed by atoms with E-state index in [0.717, 1.165) is 37.7 Å². The largest absolute Gasteiger partial charge is 0.507 e. The van der Waals surface area contributed by atoms with Gasteiger partial charge in [-0.3, -0.25) is 0 Å². The number of aromatic hydroxyl groups is 1. The predicted octanol–water partition coefficient (Wildman–Crippen LogP) is 5.85. The molecule has 0 amide bonds. The first-order chi connectivity index (χ1) is 12.8. The summed E-state index contributed by atoms with van der Waals surface area (Å²) in [5, 5.41) is 20.8. The predicted molar refractivity (Wildman–Crippen MR) is 109 cm³/mol. The van der Waals surface area contributed by atoms with Crippen molar-refractivity contribution in [1.82, 2.24) is 0 Å². The summed E-state index contributed by atoms with van der Waals surface area (Å²) in [6.07, 6.45) is 7.62. The molecule has 2 N–H and O–H groups in total. The van der Waals surface area contributed by atoms with Gasteiger partial charge in [0.1, 0.15) is 17.1 Å². The molecule has 1 aliphatic carbocycles. The molecule has 1 aromatic carbocycles. The Morgan fingerprint density at radius 2 is 2.07 bits per heavy atom. The smallest absolute Gasteiger partial charge is 0.339 e. The summed E-state index contributed by atoms with van der Waals surface area (Å²) in [6.45, 7) is 10.3. The summed E-state index contributed by atoms with van der Waals surface area (Å²) in [5.74, 6) is -0.664. The number of carbonyl (C=O) groups is 1. The lowest BCUT2D eigenvalue weighted by Gasteiger charge is -2.32. The zero-order valence-electron chi connectivity index (χ0n) is 17.0. The fourth-order valence-electron chi connectivity index (χ4n) is 4.11. The van der Waals surface area contributed by atoms with E-state index in [9.17, 15) is 15.0 Å². The number of rotatable bonds is 8. The minimum absolute atomic E-state index is 0.0130. The number of benzene rings is 1. The second-order valence-electron chi connectivity index (χ2n) is 7.67. The molecule has 0 heterocycles. The van der Waals surface area contributed by atoms with Crippen molar-refractivity contribution in [2.45, 2.75) is 65.2 Å². The van der Waals surface area contributed by atoms with Crippen LogP contribution in [0.5, 0.6) is 11.5 Å². The highest BCUT2D eigenvalue weighted by molar-refractivity contribution is 5.94. The Bertz CT molecular complexity index is 745. The number of aromatic carboxylic acids is 1. The summed E-state index contributed by atoms with van der Waals surface area (Å²) in [7, 11) is 1.57. The van der Waals surface area contributed by atoms with Gasteiger partial charge in [0.2, 0.25) is 0 Å². The van der Waals surface area contributed by atoms with Crippen LogP contribution in [0.2, 0.25) is 0 Å². The summed E-state index contributed by atoms with van der Waals surface area (Å²) in [6, 6.07) is 1.81. The molecular weight excluding hydrogens is 340 g/mol. The van der Waals surface area contributed by atoms with Gasteiger partial charge in [-0.25, -0.2) is 4.79 Å². The molecule has 2 unspecified atom stereocenters. The first kappa shape index (κ1) is 21.1. The Morgan fingerprint density at radius 3 is 2.63 bits per heavy atom. The van der Waals surface area contributed by atoms with E-state index in [4.69, 9.17) is 4.74 Å². The van der Waals surface area contributed by atoms with Crippen molar-refractivity contribution in [3.8, 4) is 11.5 Å². The van der Waals surface area contributed by atoms with Gasteiger partial charge in [-0.05, 0) is 57.1 Å². The summed E-state index contributed by atoms with van der Waals surface area (Å²) < 4.78 is 5.61. The number of phenols is 1. The number of allylic oxidation sites excluding steroid dienone is 3. The van der Waals surface area contributed by atoms with Gasteiger partial charge in [0.05, 0.1) is 7.11 Å². The minimum Gasteiger partial charge on any atom is -0.507 e. The zero-order chi connectivity index (χ0) is 20.1. The number of carboxylic acids is 1. The molecule has 0 saturated heterocycles. The zero-order valence-corrected chi connectivity index (χ0v) is 17.0. The summed E-state index contributed by atoms with van der Waals surface area (Å²) >= 11 is 0. The number of unbranched alkanes of at least 4 members (excludes halogenated alkanes) is 2. The highest BCUT2D eigenvalue weighted by atomic mass is 16.5. The molecule has 0 aliphatic heterocycles. The topological polar surface area (TPSA) is 66.8 Å². The maximum Gasteiger partial charge on any atom is 0.339 e. The van der Waals surface area contributed by atoms with E-state index in [0.29, 0.717) is 23.3 Å². The van der Waals surface area contributed by atoms with Crippen molar-refractivity contribution >= 4 is 5.97 Å². The summed E-state index contributed by atoms with van der Waals surface area (Å²) in [4.78, 5) is 12.0. The Balaban J connectivity index is 2.64. The number of methoxy groups -OCH3 is 1. The highest BCUT2D eigenvalue weighted by Crippen LogP contribution is 2.48. The molecule has 27 heavy (non-hydrogen) atoms. The number of ether oxygens (including phenoxy) is 1. The van der Waals surface area contributed by atoms with Crippen LogP contribution in [0.4, 0.5) is 0 Å².